The zero-order chi connectivity index (χ0) is 23.6. The summed E-state index contributed by atoms with van der Waals surface area (Å²) in [4.78, 5) is 48.4. The molecule has 31 heavy (non-hydrogen) atoms. The van der Waals surface area contributed by atoms with Crippen LogP contribution in [-0.2, 0) is 27.2 Å². The summed E-state index contributed by atoms with van der Waals surface area (Å²) >= 11 is 0. The Morgan fingerprint density at radius 2 is 1.77 bits per heavy atom. The van der Waals surface area contributed by atoms with Crippen LogP contribution in [0.5, 0.6) is 0 Å². The highest BCUT2D eigenvalue weighted by Crippen LogP contribution is 2.55. The molecule has 1 aliphatic rings. The highest BCUT2D eigenvalue weighted by atomic mass is 31.3. The number of likely N-dealkylation sites (N-methyl/N-ethyl adjacent to an activating group) is 1. The van der Waals surface area contributed by atoms with Crippen molar-refractivity contribution >= 4 is 15.6 Å². The highest BCUT2D eigenvalue weighted by Gasteiger charge is 2.44. The van der Waals surface area contributed by atoms with Gasteiger partial charge in [0, 0.05) is 12.3 Å². The van der Waals surface area contributed by atoms with Gasteiger partial charge in [-0.05, 0) is 0 Å². The smallest absolute Gasteiger partial charge is 0.330 e. The van der Waals surface area contributed by atoms with Gasteiger partial charge in [0.05, 0.1) is 27.7 Å². The van der Waals surface area contributed by atoms with Crippen LogP contribution >= 0.6 is 15.6 Å². The van der Waals surface area contributed by atoms with E-state index in [1.54, 1.807) is 21.1 Å². The normalized spacial score (nSPS) is 28.2. The largest absolute Gasteiger partial charge is 0.756 e. The maximum Gasteiger partial charge on any atom is 0.330 e. The summed E-state index contributed by atoms with van der Waals surface area (Å²) < 4.78 is 42.7. The summed E-state index contributed by atoms with van der Waals surface area (Å²) in [5.41, 5.74) is -1.65. The van der Waals surface area contributed by atoms with Gasteiger partial charge in [-0.3, -0.25) is 23.5 Å². The van der Waals surface area contributed by atoms with Crippen LogP contribution in [0.3, 0.4) is 0 Å². The summed E-state index contributed by atoms with van der Waals surface area (Å²) in [6.45, 7) is -1.03. The fourth-order valence-electron chi connectivity index (χ4n) is 2.49. The minimum Gasteiger partial charge on any atom is -0.756 e. The number of H-pyrrole nitrogens is 1. The number of aliphatic hydroxyl groups is 2. The second kappa shape index (κ2) is 9.73. The number of nitrogens with zero attached hydrogens (tertiary/aromatic N) is 2. The second-order valence-corrected chi connectivity index (χ2v) is 10.6. The van der Waals surface area contributed by atoms with Gasteiger partial charge in [-0.15, -0.1) is 0 Å². The molecule has 0 amide bonds. The molecule has 17 heteroatoms. The van der Waals surface area contributed by atoms with Crippen LogP contribution in [0.2, 0.25) is 0 Å². The van der Waals surface area contributed by atoms with E-state index in [9.17, 15) is 38.7 Å². The maximum atomic E-state index is 11.8. The van der Waals surface area contributed by atoms with Crippen molar-refractivity contribution in [2.45, 2.75) is 24.5 Å². The maximum absolute atomic E-state index is 11.8. The average molecular weight is 488 g/mol. The molecule has 0 radical (unpaired) electrons. The number of aromatic nitrogens is 2. The Hall–Kier alpha value is -1.22. The number of aromatic amines is 1. The second-order valence-electron chi connectivity index (χ2n) is 7.68. The van der Waals surface area contributed by atoms with Crippen molar-refractivity contribution < 1.29 is 51.7 Å². The van der Waals surface area contributed by atoms with Crippen molar-refractivity contribution in [1.29, 1.82) is 0 Å². The molecule has 3 N–H and O–H groups in total. The van der Waals surface area contributed by atoms with Gasteiger partial charge < -0.3 is 38.3 Å². The molecule has 2 heterocycles. The number of phosphoric ester groups is 2. The van der Waals surface area contributed by atoms with E-state index in [1.165, 1.54) is 0 Å². The van der Waals surface area contributed by atoms with Gasteiger partial charge in [0.2, 0.25) is 0 Å². The molecule has 1 aromatic rings. The lowest BCUT2D eigenvalue weighted by Crippen LogP contribution is -2.37. The quantitative estimate of drug-likeness (QED) is 0.220. The molecular weight excluding hydrogens is 464 g/mol. The Bertz CT molecular complexity index is 972. The van der Waals surface area contributed by atoms with Crippen LogP contribution in [0, 0.1) is 0 Å². The number of quaternary nitrogens is 1. The van der Waals surface area contributed by atoms with Gasteiger partial charge in [-0.1, -0.05) is 0 Å². The number of hydrogen-bond acceptors (Lipinski definition) is 12. The van der Waals surface area contributed by atoms with Crippen molar-refractivity contribution in [2.24, 2.45) is 0 Å². The molecule has 0 aliphatic carbocycles. The molecule has 0 saturated carbocycles. The van der Waals surface area contributed by atoms with E-state index in [-0.39, 0.29) is 13.2 Å². The molecule has 15 nitrogen and oxygen atoms in total. The molecule has 178 valence electrons. The van der Waals surface area contributed by atoms with Crippen LogP contribution in [0.1, 0.15) is 6.23 Å². The molecule has 0 spiro atoms. The van der Waals surface area contributed by atoms with Crippen LogP contribution in [0.15, 0.2) is 21.9 Å². The third-order valence-electron chi connectivity index (χ3n) is 4.07. The fourth-order valence-corrected chi connectivity index (χ4v) is 4.48. The number of rotatable bonds is 10. The van der Waals surface area contributed by atoms with Gasteiger partial charge in [0.25, 0.3) is 21.2 Å². The third kappa shape index (κ3) is 7.70. The summed E-state index contributed by atoms with van der Waals surface area (Å²) in [5, 5.41) is 20.1. The average Bonchev–Trinajstić information content (AvgIpc) is 2.86. The number of hydrogen-bond donors (Lipinski definition) is 3. The first-order valence-corrected chi connectivity index (χ1v) is 11.8. The van der Waals surface area contributed by atoms with Crippen molar-refractivity contribution in [1.82, 2.24) is 9.55 Å². The monoisotopic (exact) mass is 488 g/mol. The molecule has 0 bridgehead atoms. The van der Waals surface area contributed by atoms with Crippen LogP contribution < -0.4 is 21.0 Å². The van der Waals surface area contributed by atoms with Crippen molar-refractivity contribution in [3.05, 3.63) is 33.1 Å². The summed E-state index contributed by atoms with van der Waals surface area (Å²) in [7, 11) is -5.41. The van der Waals surface area contributed by atoms with E-state index < -0.39 is 58.0 Å². The Balaban J connectivity index is 1.96. The lowest BCUT2D eigenvalue weighted by Gasteiger charge is -2.32. The van der Waals surface area contributed by atoms with Gasteiger partial charge in [0.1, 0.15) is 31.5 Å². The predicted molar refractivity (Wildman–Crippen MR) is 98.3 cm³/mol. The lowest BCUT2D eigenvalue weighted by atomic mass is 10.1. The zero-order valence-corrected chi connectivity index (χ0v) is 18.6. The Morgan fingerprint density at radius 1 is 1.16 bits per heavy atom. The molecule has 1 aliphatic heterocycles. The van der Waals surface area contributed by atoms with E-state index in [2.05, 4.69) is 13.4 Å². The standard InChI is InChI=1S/C14H25N3O12P2/c1-17(2,3)6-7-26-30(22,23)29-31(24,25)27-8-9-11(19)12(20)13(28-9)16-5-4-10(18)15-14(16)21/h4-5,9,11-13,19-20H,6-8H2,1-3H3,(H2-,15,18,21,22,23,24,25)/p-1. The minimum absolute atomic E-state index is 0.241. The van der Waals surface area contributed by atoms with Crippen molar-refractivity contribution in [3.63, 3.8) is 0 Å². The molecule has 1 saturated heterocycles. The van der Waals surface area contributed by atoms with E-state index in [4.69, 9.17) is 4.74 Å². The Morgan fingerprint density at radius 3 is 2.35 bits per heavy atom. The fraction of sp³-hybridized carbons (Fsp3) is 0.714. The lowest BCUT2D eigenvalue weighted by molar-refractivity contribution is -0.870. The minimum atomic E-state index is -5.45. The van der Waals surface area contributed by atoms with E-state index >= 15 is 0 Å². The highest BCUT2D eigenvalue weighted by molar-refractivity contribution is 7.59. The number of nitrogens with one attached hydrogen (secondary N) is 1. The van der Waals surface area contributed by atoms with Gasteiger partial charge >= 0.3 is 5.69 Å². The van der Waals surface area contributed by atoms with E-state index in [0.717, 1.165) is 16.8 Å². The molecule has 6 unspecified atom stereocenters. The van der Waals surface area contributed by atoms with E-state index in [1.807, 2.05) is 4.98 Å². The summed E-state index contributed by atoms with van der Waals surface area (Å²) in [6.07, 6.45) is -5.33. The molecular formula is C14H24N3O12P2-. The SMILES string of the molecule is C[N+](C)(C)CCOP(=O)([O-])OP(=O)([O-])OCC1OC(n2ccc(=O)[nH]c2=O)C(O)C1O. The van der Waals surface area contributed by atoms with Crippen molar-refractivity contribution in [2.75, 3.05) is 40.9 Å². The van der Waals surface area contributed by atoms with Gasteiger partial charge in [-0.2, -0.15) is 0 Å². The third-order valence-corrected chi connectivity index (χ3v) is 6.64. The molecule has 1 fully saturated rings. The Kier molecular flexibility index (Phi) is 8.17. The summed E-state index contributed by atoms with van der Waals surface area (Å²) in [5.74, 6) is 0. The van der Waals surface area contributed by atoms with Crippen LogP contribution in [0.25, 0.3) is 0 Å². The molecule has 1 aromatic heterocycles. The van der Waals surface area contributed by atoms with Gasteiger partial charge in [-0.25, -0.2) is 9.11 Å². The first-order chi connectivity index (χ1) is 14.1. The summed E-state index contributed by atoms with van der Waals surface area (Å²) in [6, 6.07) is 0.970. The molecule has 2 rings (SSSR count). The number of aliphatic hydroxyl groups excluding tert-OH is 2. The van der Waals surface area contributed by atoms with Gasteiger partial charge in [0.15, 0.2) is 6.23 Å². The number of ether oxygens (including phenoxy) is 1. The van der Waals surface area contributed by atoms with E-state index in [0.29, 0.717) is 4.48 Å². The zero-order valence-electron chi connectivity index (χ0n) is 16.9. The van der Waals surface area contributed by atoms with Crippen LogP contribution in [-0.4, -0.2) is 83.5 Å². The predicted octanol–water partition coefficient (Wildman–Crippen LogP) is -3.15. The topological polar surface area (TPSA) is 212 Å². The first-order valence-electron chi connectivity index (χ1n) is 8.86. The van der Waals surface area contributed by atoms with Crippen molar-refractivity contribution in [3.8, 4) is 0 Å². The molecule has 0 aromatic carbocycles. The van der Waals surface area contributed by atoms with Crippen LogP contribution in [0.4, 0.5) is 0 Å². The number of phosphoric acid groups is 2. The Labute approximate surface area is 176 Å². The first kappa shape index (κ1) is 26.0. The molecule has 6 atom stereocenters.